The molecule has 0 bridgehead atoms. The van der Waals surface area contributed by atoms with Crippen LogP contribution in [0.4, 0.5) is 4.39 Å². The fourth-order valence-electron chi connectivity index (χ4n) is 2.13. The molecule has 6 heteroatoms. The predicted molar refractivity (Wildman–Crippen MR) is 60.5 cm³/mol. The second-order valence-electron chi connectivity index (χ2n) is 4.20. The van der Waals surface area contributed by atoms with Crippen LogP contribution in [-0.4, -0.2) is 39.5 Å². The molecule has 1 amide bonds. The summed E-state index contributed by atoms with van der Waals surface area (Å²) in [7, 11) is 0. The van der Waals surface area contributed by atoms with Crippen molar-refractivity contribution in [2.45, 2.75) is 25.3 Å². The molecule has 0 unspecified atom stereocenters. The van der Waals surface area contributed by atoms with E-state index in [-0.39, 0.29) is 5.56 Å². The number of piperidine rings is 1. The van der Waals surface area contributed by atoms with Crippen LogP contribution in [0, 0.1) is 5.82 Å². The van der Waals surface area contributed by atoms with Crippen LogP contribution in [0.25, 0.3) is 0 Å². The van der Waals surface area contributed by atoms with Crippen molar-refractivity contribution in [2.75, 3.05) is 6.54 Å². The van der Waals surface area contributed by atoms with Crippen LogP contribution < -0.4 is 0 Å². The largest absolute Gasteiger partial charge is 0.480 e. The van der Waals surface area contributed by atoms with Crippen molar-refractivity contribution in [3.8, 4) is 0 Å². The molecule has 1 N–H and O–H groups in total. The van der Waals surface area contributed by atoms with Gasteiger partial charge in [-0.25, -0.2) is 9.18 Å². The molecule has 0 spiro atoms. The van der Waals surface area contributed by atoms with Gasteiger partial charge < -0.3 is 10.0 Å². The summed E-state index contributed by atoms with van der Waals surface area (Å²) in [4.78, 5) is 28.0. The molecule has 96 valence electrons. The number of aliphatic carboxylic acids is 1. The van der Waals surface area contributed by atoms with E-state index in [1.54, 1.807) is 0 Å². The van der Waals surface area contributed by atoms with Gasteiger partial charge in [-0.05, 0) is 25.3 Å². The smallest absolute Gasteiger partial charge is 0.326 e. The van der Waals surface area contributed by atoms with Gasteiger partial charge in [0.15, 0.2) is 5.82 Å². The Balaban J connectivity index is 2.27. The topological polar surface area (TPSA) is 70.5 Å². The van der Waals surface area contributed by atoms with E-state index in [1.807, 2.05) is 0 Å². The molecule has 0 radical (unpaired) electrons. The standard InChI is InChI=1S/C12H13FN2O3/c13-9-7-14-5-4-8(9)11(16)15-6-2-1-3-10(15)12(17)18/h4-5,7,10H,1-3,6H2,(H,17,18)/t10-/m0/s1. The van der Waals surface area contributed by atoms with Gasteiger partial charge in [-0.1, -0.05) is 0 Å². The highest BCUT2D eigenvalue weighted by molar-refractivity contribution is 5.96. The molecule has 1 fully saturated rings. The lowest BCUT2D eigenvalue weighted by Gasteiger charge is -2.33. The van der Waals surface area contributed by atoms with E-state index in [1.165, 1.54) is 17.2 Å². The lowest BCUT2D eigenvalue weighted by Crippen LogP contribution is -2.48. The van der Waals surface area contributed by atoms with Crippen molar-refractivity contribution < 1.29 is 19.1 Å². The number of carbonyl (C=O) groups is 2. The summed E-state index contributed by atoms with van der Waals surface area (Å²) in [5, 5.41) is 9.07. The van der Waals surface area contributed by atoms with E-state index in [9.17, 15) is 14.0 Å². The van der Waals surface area contributed by atoms with Crippen molar-refractivity contribution in [1.82, 2.24) is 9.88 Å². The number of carbonyl (C=O) groups excluding carboxylic acids is 1. The fraction of sp³-hybridized carbons (Fsp3) is 0.417. The second-order valence-corrected chi connectivity index (χ2v) is 4.20. The Labute approximate surface area is 103 Å². The van der Waals surface area contributed by atoms with Crippen LogP contribution >= 0.6 is 0 Å². The first-order valence-electron chi connectivity index (χ1n) is 5.74. The lowest BCUT2D eigenvalue weighted by molar-refractivity contribution is -0.143. The van der Waals surface area contributed by atoms with Crippen LogP contribution in [0.15, 0.2) is 18.5 Å². The molecule has 1 saturated heterocycles. The lowest BCUT2D eigenvalue weighted by atomic mass is 10.0. The molecule has 0 aliphatic carbocycles. The minimum absolute atomic E-state index is 0.127. The minimum Gasteiger partial charge on any atom is -0.480 e. The maximum absolute atomic E-state index is 13.5. The minimum atomic E-state index is -1.04. The maximum Gasteiger partial charge on any atom is 0.326 e. The number of nitrogens with zero attached hydrogens (tertiary/aromatic N) is 2. The van der Waals surface area contributed by atoms with E-state index < -0.39 is 23.7 Å². The molecule has 0 saturated carbocycles. The second kappa shape index (κ2) is 5.12. The Morgan fingerprint density at radius 1 is 1.44 bits per heavy atom. The first-order valence-corrected chi connectivity index (χ1v) is 5.74. The molecule has 2 heterocycles. The Bertz CT molecular complexity index is 478. The number of pyridine rings is 1. The molecule has 1 aromatic rings. The number of likely N-dealkylation sites (tertiary alicyclic amines) is 1. The average molecular weight is 252 g/mol. The highest BCUT2D eigenvalue weighted by Crippen LogP contribution is 2.20. The van der Waals surface area contributed by atoms with Crippen molar-refractivity contribution >= 4 is 11.9 Å². The van der Waals surface area contributed by atoms with Gasteiger partial charge in [0, 0.05) is 12.7 Å². The summed E-state index contributed by atoms with van der Waals surface area (Å²) in [5.41, 5.74) is -0.127. The van der Waals surface area contributed by atoms with Crippen molar-refractivity contribution in [3.05, 3.63) is 29.8 Å². The zero-order valence-corrected chi connectivity index (χ0v) is 9.67. The monoisotopic (exact) mass is 252 g/mol. The third kappa shape index (κ3) is 2.32. The van der Waals surface area contributed by atoms with Crippen LogP contribution in [0.3, 0.4) is 0 Å². The molecule has 2 rings (SSSR count). The van der Waals surface area contributed by atoms with Gasteiger partial charge in [0.05, 0.1) is 11.8 Å². The Kier molecular flexibility index (Phi) is 3.55. The van der Waals surface area contributed by atoms with E-state index >= 15 is 0 Å². The number of hydrogen-bond acceptors (Lipinski definition) is 3. The molecular formula is C12H13FN2O3. The van der Waals surface area contributed by atoms with E-state index in [2.05, 4.69) is 4.98 Å². The van der Waals surface area contributed by atoms with Crippen LogP contribution in [-0.2, 0) is 4.79 Å². The van der Waals surface area contributed by atoms with Crippen molar-refractivity contribution in [2.24, 2.45) is 0 Å². The van der Waals surface area contributed by atoms with Crippen molar-refractivity contribution in [1.29, 1.82) is 0 Å². The summed E-state index contributed by atoms with van der Waals surface area (Å²) >= 11 is 0. The zero-order valence-electron chi connectivity index (χ0n) is 9.67. The van der Waals surface area contributed by atoms with Gasteiger partial charge in [-0.3, -0.25) is 9.78 Å². The number of rotatable bonds is 2. The van der Waals surface area contributed by atoms with Gasteiger partial charge in [0.25, 0.3) is 5.91 Å². The predicted octanol–water partition coefficient (Wildman–Crippen LogP) is 1.30. The van der Waals surface area contributed by atoms with Crippen LogP contribution in [0.1, 0.15) is 29.6 Å². The normalized spacial score (nSPS) is 19.6. The molecule has 18 heavy (non-hydrogen) atoms. The Hall–Kier alpha value is -1.98. The number of halogens is 1. The molecular weight excluding hydrogens is 239 g/mol. The molecule has 0 aromatic carbocycles. The number of carboxylic acids is 1. The molecule has 1 aliphatic rings. The van der Waals surface area contributed by atoms with Gasteiger partial charge >= 0.3 is 5.97 Å². The third-order valence-electron chi connectivity index (χ3n) is 3.05. The van der Waals surface area contributed by atoms with Crippen LogP contribution in [0.5, 0.6) is 0 Å². The summed E-state index contributed by atoms with van der Waals surface area (Å²) < 4.78 is 13.5. The van der Waals surface area contributed by atoms with Gasteiger partial charge in [-0.2, -0.15) is 0 Å². The summed E-state index contributed by atoms with van der Waals surface area (Å²) in [6.07, 6.45) is 4.18. The summed E-state index contributed by atoms with van der Waals surface area (Å²) in [6.45, 7) is 0.345. The van der Waals surface area contributed by atoms with Gasteiger partial charge in [0.2, 0.25) is 0 Å². The SMILES string of the molecule is O=C(O)[C@@H]1CCCCN1C(=O)c1ccncc1F. The van der Waals surface area contributed by atoms with E-state index in [4.69, 9.17) is 5.11 Å². The van der Waals surface area contributed by atoms with Crippen LogP contribution in [0.2, 0.25) is 0 Å². The zero-order chi connectivity index (χ0) is 13.1. The summed E-state index contributed by atoms with van der Waals surface area (Å²) in [5.74, 6) is -2.35. The molecule has 1 atom stereocenters. The first kappa shape index (κ1) is 12.5. The van der Waals surface area contributed by atoms with E-state index in [0.29, 0.717) is 13.0 Å². The fourth-order valence-corrected chi connectivity index (χ4v) is 2.13. The first-order chi connectivity index (χ1) is 8.61. The Morgan fingerprint density at radius 2 is 2.22 bits per heavy atom. The van der Waals surface area contributed by atoms with Crippen molar-refractivity contribution in [3.63, 3.8) is 0 Å². The maximum atomic E-state index is 13.5. The highest BCUT2D eigenvalue weighted by Gasteiger charge is 2.33. The average Bonchev–Trinajstić information content (AvgIpc) is 2.38. The molecule has 1 aliphatic heterocycles. The number of amides is 1. The summed E-state index contributed by atoms with van der Waals surface area (Å²) in [6, 6.07) is 0.407. The number of carboxylic acid groups (broad SMARTS) is 1. The van der Waals surface area contributed by atoms with E-state index in [0.717, 1.165) is 19.0 Å². The van der Waals surface area contributed by atoms with Gasteiger partial charge in [0.1, 0.15) is 6.04 Å². The molecule has 5 nitrogen and oxygen atoms in total. The number of aromatic nitrogens is 1. The Morgan fingerprint density at radius 3 is 2.89 bits per heavy atom. The number of hydrogen-bond donors (Lipinski definition) is 1. The third-order valence-corrected chi connectivity index (χ3v) is 3.05. The van der Waals surface area contributed by atoms with Gasteiger partial charge in [-0.15, -0.1) is 0 Å². The highest BCUT2D eigenvalue weighted by atomic mass is 19.1. The quantitative estimate of drug-likeness (QED) is 0.861. The molecule has 1 aromatic heterocycles.